The molecule has 114 valence electrons. The standard InChI is InChI=1S/C16H24N4O/c1-12-6-16-18-8-13(10-20(16)19-12)7-17-9-14-4-2-3-5-15(14)11-21/h6,8,10,14-15,17,21H,2-5,7,9,11H2,1H3. The van der Waals surface area contributed by atoms with Gasteiger partial charge in [0, 0.05) is 37.2 Å². The third-order valence-electron chi connectivity index (χ3n) is 4.53. The largest absolute Gasteiger partial charge is 0.396 e. The summed E-state index contributed by atoms with van der Waals surface area (Å²) in [7, 11) is 0. The smallest absolute Gasteiger partial charge is 0.155 e. The van der Waals surface area contributed by atoms with Crippen LogP contribution >= 0.6 is 0 Å². The van der Waals surface area contributed by atoms with Gasteiger partial charge in [-0.3, -0.25) is 0 Å². The van der Waals surface area contributed by atoms with Gasteiger partial charge in [0.2, 0.25) is 0 Å². The molecule has 5 nitrogen and oxygen atoms in total. The van der Waals surface area contributed by atoms with E-state index in [9.17, 15) is 5.11 Å². The van der Waals surface area contributed by atoms with Crippen LogP contribution in [0, 0.1) is 18.8 Å². The van der Waals surface area contributed by atoms with Crippen LogP contribution in [0.5, 0.6) is 0 Å². The Hall–Kier alpha value is -1.46. The molecule has 0 aromatic carbocycles. The van der Waals surface area contributed by atoms with Gasteiger partial charge in [0.15, 0.2) is 5.65 Å². The van der Waals surface area contributed by atoms with Crippen molar-refractivity contribution in [1.29, 1.82) is 0 Å². The molecule has 2 heterocycles. The highest BCUT2D eigenvalue weighted by Gasteiger charge is 2.23. The van der Waals surface area contributed by atoms with E-state index >= 15 is 0 Å². The monoisotopic (exact) mass is 288 g/mol. The van der Waals surface area contributed by atoms with Crippen molar-refractivity contribution in [2.45, 2.75) is 39.2 Å². The molecule has 0 radical (unpaired) electrons. The quantitative estimate of drug-likeness (QED) is 0.882. The van der Waals surface area contributed by atoms with Crippen LogP contribution in [0.25, 0.3) is 5.65 Å². The SMILES string of the molecule is Cc1cc2ncc(CNCC3CCCCC3CO)cn2n1. The van der Waals surface area contributed by atoms with E-state index in [4.69, 9.17) is 0 Å². The normalized spacial score (nSPS) is 22.8. The minimum absolute atomic E-state index is 0.326. The van der Waals surface area contributed by atoms with Crippen molar-refractivity contribution in [3.05, 3.63) is 29.7 Å². The molecule has 1 aliphatic carbocycles. The Balaban J connectivity index is 1.56. The highest BCUT2D eigenvalue weighted by molar-refractivity contribution is 5.38. The first kappa shape index (κ1) is 14.5. The number of rotatable bonds is 5. The van der Waals surface area contributed by atoms with Gasteiger partial charge in [-0.25, -0.2) is 9.50 Å². The van der Waals surface area contributed by atoms with Crippen LogP contribution in [0.3, 0.4) is 0 Å². The molecule has 2 aromatic rings. The van der Waals surface area contributed by atoms with E-state index < -0.39 is 0 Å². The molecular formula is C16H24N4O. The zero-order valence-corrected chi connectivity index (χ0v) is 12.6. The molecule has 5 heteroatoms. The van der Waals surface area contributed by atoms with Crippen LogP contribution in [0.15, 0.2) is 18.5 Å². The van der Waals surface area contributed by atoms with Gasteiger partial charge >= 0.3 is 0 Å². The van der Waals surface area contributed by atoms with E-state index in [-0.39, 0.29) is 0 Å². The van der Waals surface area contributed by atoms with Crippen LogP contribution in [0.2, 0.25) is 0 Å². The maximum absolute atomic E-state index is 9.45. The van der Waals surface area contributed by atoms with Crippen LogP contribution in [0.1, 0.15) is 36.9 Å². The molecule has 0 aliphatic heterocycles. The van der Waals surface area contributed by atoms with Crippen molar-refractivity contribution in [2.24, 2.45) is 11.8 Å². The lowest BCUT2D eigenvalue weighted by Crippen LogP contribution is -2.32. The number of aliphatic hydroxyl groups excluding tert-OH is 1. The van der Waals surface area contributed by atoms with Gasteiger partial charge in [-0.2, -0.15) is 5.10 Å². The van der Waals surface area contributed by atoms with Gasteiger partial charge in [0.05, 0.1) is 5.69 Å². The van der Waals surface area contributed by atoms with Crippen LogP contribution in [0.4, 0.5) is 0 Å². The summed E-state index contributed by atoms with van der Waals surface area (Å²) in [6, 6.07) is 1.98. The molecule has 1 aliphatic rings. The highest BCUT2D eigenvalue weighted by atomic mass is 16.3. The van der Waals surface area contributed by atoms with Gasteiger partial charge < -0.3 is 10.4 Å². The summed E-state index contributed by atoms with van der Waals surface area (Å²) < 4.78 is 1.84. The maximum atomic E-state index is 9.45. The van der Waals surface area contributed by atoms with Gasteiger partial charge in [-0.05, 0) is 38.1 Å². The average molecular weight is 288 g/mol. The fourth-order valence-corrected chi connectivity index (χ4v) is 3.32. The Labute approximate surface area is 125 Å². The van der Waals surface area contributed by atoms with Gasteiger partial charge in [0.25, 0.3) is 0 Å². The second-order valence-corrected chi connectivity index (χ2v) is 6.17. The topological polar surface area (TPSA) is 62.5 Å². The van der Waals surface area contributed by atoms with E-state index in [1.807, 2.05) is 29.9 Å². The number of nitrogens with zero attached hydrogens (tertiary/aromatic N) is 3. The molecule has 21 heavy (non-hydrogen) atoms. The number of fused-ring (bicyclic) bond motifs is 1. The number of nitrogens with one attached hydrogen (secondary N) is 1. The minimum atomic E-state index is 0.326. The average Bonchev–Trinajstić information content (AvgIpc) is 2.87. The van der Waals surface area contributed by atoms with Crippen molar-refractivity contribution in [3.63, 3.8) is 0 Å². The van der Waals surface area contributed by atoms with Crippen molar-refractivity contribution >= 4 is 5.65 Å². The Bertz CT molecular complexity index is 595. The Morgan fingerprint density at radius 1 is 1.33 bits per heavy atom. The first-order valence-corrected chi connectivity index (χ1v) is 7.89. The molecule has 2 atom stereocenters. The van der Waals surface area contributed by atoms with Gasteiger partial charge in [-0.15, -0.1) is 0 Å². The zero-order valence-electron chi connectivity index (χ0n) is 12.6. The summed E-state index contributed by atoms with van der Waals surface area (Å²) in [6.07, 6.45) is 8.90. The number of hydrogen-bond donors (Lipinski definition) is 2. The molecule has 0 amide bonds. The first-order valence-electron chi connectivity index (χ1n) is 7.89. The molecule has 2 unspecified atom stereocenters. The van der Waals surface area contributed by atoms with Crippen LogP contribution in [-0.4, -0.2) is 32.9 Å². The van der Waals surface area contributed by atoms with Gasteiger partial charge in [0.1, 0.15) is 0 Å². The summed E-state index contributed by atoms with van der Waals surface area (Å²) in [4.78, 5) is 4.42. The third kappa shape index (κ3) is 3.41. The predicted molar refractivity (Wildman–Crippen MR) is 82.0 cm³/mol. The molecular weight excluding hydrogens is 264 g/mol. The fraction of sp³-hybridized carbons (Fsp3) is 0.625. The second kappa shape index (κ2) is 6.54. The zero-order chi connectivity index (χ0) is 14.7. The summed E-state index contributed by atoms with van der Waals surface area (Å²) in [6.45, 7) is 4.08. The van der Waals surface area contributed by atoms with Crippen LogP contribution < -0.4 is 5.32 Å². The summed E-state index contributed by atoms with van der Waals surface area (Å²) in [5.41, 5.74) is 3.02. The Morgan fingerprint density at radius 2 is 2.14 bits per heavy atom. The number of hydrogen-bond acceptors (Lipinski definition) is 4. The van der Waals surface area contributed by atoms with Crippen molar-refractivity contribution in [2.75, 3.05) is 13.2 Å². The lowest BCUT2D eigenvalue weighted by molar-refractivity contribution is 0.133. The number of aromatic nitrogens is 3. The molecule has 0 spiro atoms. The first-order chi connectivity index (χ1) is 10.3. The lowest BCUT2D eigenvalue weighted by atomic mass is 9.79. The van der Waals surface area contributed by atoms with E-state index in [2.05, 4.69) is 15.4 Å². The summed E-state index contributed by atoms with van der Waals surface area (Å²) in [5.74, 6) is 1.08. The van der Waals surface area contributed by atoms with E-state index in [1.165, 1.54) is 25.7 Å². The Morgan fingerprint density at radius 3 is 2.95 bits per heavy atom. The molecule has 1 fully saturated rings. The fourth-order valence-electron chi connectivity index (χ4n) is 3.32. The van der Waals surface area contributed by atoms with Crippen molar-refractivity contribution in [3.8, 4) is 0 Å². The minimum Gasteiger partial charge on any atom is -0.396 e. The van der Waals surface area contributed by atoms with Gasteiger partial charge in [-0.1, -0.05) is 12.8 Å². The molecule has 3 rings (SSSR count). The maximum Gasteiger partial charge on any atom is 0.155 e. The van der Waals surface area contributed by atoms with E-state index in [1.54, 1.807) is 0 Å². The predicted octanol–water partition coefficient (Wildman–Crippen LogP) is 1.93. The summed E-state index contributed by atoms with van der Waals surface area (Å²) in [5, 5.41) is 17.4. The van der Waals surface area contributed by atoms with E-state index in [0.717, 1.165) is 30.0 Å². The molecule has 0 saturated heterocycles. The summed E-state index contributed by atoms with van der Waals surface area (Å²) >= 11 is 0. The Kier molecular flexibility index (Phi) is 4.51. The molecule has 0 bridgehead atoms. The number of aryl methyl sites for hydroxylation is 1. The molecule has 1 saturated carbocycles. The van der Waals surface area contributed by atoms with Crippen molar-refractivity contribution < 1.29 is 5.11 Å². The lowest BCUT2D eigenvalue weighted by Gasteiger charge is -2.30. The third-order valence-corrected chi connectivity index (χ3v) is 4.53. The van der Waals surface area contributed by atoms with Crippen LogP contribution in [-0.2, 0) is 6.54 Å². The molecule has 2 aromatic heterocycles. The van der Waals surface area contributed by atoms with E-state index in [0.29, 0.717) is 18.4 Å². The number of aliphatic hydroxyl groups is 1. The second-order valence-electron chi connectivity index (χ2n) is 6.17. The van der Waals surface area contributed by atoms with Crippen molar-refractivity contribution in [1.82, 2.24) is 19.9 Å². The molecule has 2 N–H and O–H groups in total. The highest BCUT2D eigenvalue weighted by Crippen LogP contribution is 2.29.